The first-order valence-electron chi connectivity index (χ1n) is 9.67. The number of hydrogen-bond acceptors (Lipinski definition) is 7. The topological polar surface area (TPSA) is 94.2 Å². The highest BCUT2D eigenvalue weighted by Gasteiger charge is 2.31. The summed E-state index contributed by atoms with van der Waals surface area (Å²) in [6.07, 6.45) is 0.0876. The van der Waals surface area contributed by atoms with E-state index >= 15 is 0 Å². The molecular formula is C21H24N2O6S. The molecular weight excluding hydrogens is 408 g/mol. The minimum absolute atomic E-state index is 0.224. The molecule has 160 valence electrons. The van der Waals surface area contributed by atoms with Crippen molar-refractivity contribution in [3.63, 3.8) is 0 Å². The maximum absolute atomic E-state index is 12.8. The average molecular weight is 432 g/mol. The number of thiophene rings is 1. The first-order chi connectivity index (χ1) is 14.5. The van der Waals surface area contributed by atoms with Crippen molar-refractivity contribution in [2.24, 2.45) is 0 Å². The van der Waals surface area contributed by atoms with Gasteiger partial charge in [0.15, 0.2) is 0 Å². The Morgan fingerprint density at radius 3 is 2.63 bits per heavy atom. The van der Waals surface area contributed by atoms with E-state index in [-0.39, 0.29) is 12.5 Å². The molecule has 0 spiro atoms. The van der Waals surface area contributed by atoms with Gasteiger partial charge in [-0.3, -0.25) is 4.79 Å². The summed E-state index contributed by atoms with van der Waals surface area (Å²) in [5.41, 5.74) is 1.57. The van der Waals surface area contributed by atoms with Gasteiger partial charge in [0.1, 0.15) is 10.8 Å². The third-order valence-electron chi connectivity index (χ3n) is 4.62. The van der Waals surface area contributed by atoms with E-state index in [1.807, 2.05) is 0 Å². The quantitative estimate of drug-likeness (QED) is 0.700. The minimum atomic E-state index is -0.486. The number of methoxy groups -OCH3 is 1. The molecule has 0 radical (unpaired) electrons. The zero-order valence-electron chi connectivity index (χ0n) is 17.1. The Hall–Kier alpha value is -3.07. The van der Waals surface area contributed by atoms with Crippen molar-refractivity contribution in [2.45, 2.75) is 26.8 Å². The molecule has 9 heteroatoms. The van der Waals surface area contributed by atoms with Crippen LogP contribution < -0.4 is 10.1 Å². The highest BCUT2D eigenvalue weighted by atomic mass is 32.1. The molecule has 1 aliphatic heterocycles. The molecule has 0 saturated carbocycles. The fourth-order valence-corrected chi connectivity index (χ4v) is 4.47. The van der Waals surface area contributed by atoms with E-state index in [0.29, 0.717) is 48.0 Å². The summed E-state index contributed by atoms with van der Waals surface area (Å²) in [6.45, 7) is 4.75. The maximum atomic E-state index is 12.8. The number of anilines is 1. The summed E-state index contributed by atoms with van der Waals surface area (Å²) in [7, 11) is 1.53. The van der Waals surface area contributed by atoms with Gasteiger partial charge in [-0.05, 0) is 44.0 Å². The fourth-order valence-electron chi connectivity index (χ4n) is 3.22. The minimum Gasteiger partial charge on any atom is -0.497 e. The molecule has 0 aliphatic carbocycles. The molecule has 2 heterocycles. The van der Waals surface area contributed by atoms with Crippen LogP contribution in [0.15, 0.2) is 24.3 Å². The third-order valence-corrected chi connectivity index (χ3v) is 5.75. The summed E-state index contributed by atoms with van der Waals surface area (Å²) >= 11 is 1.27. The smallest absolute Gasteiger partial charge is 0.410 e. The zero-order chi connectivity index (χ0) is 21.7. The molecule has 1 aliphatic rings. The van der Waals surface area contributed by atoms with Crippen molar-refractivity contribution in [3.8, 4) is 5.75 Å². The second-order valence-electron chi connectivity index (χ2n) is 6.48. The summed E-state index contributed by atoms with van der Waals surface area (Å²) in [5.74, 6) is -0.287. The number of carbonyl (C=O) groups is 3. The summed E-state index contributed by atoms with van der Waals surface area (Å²) in [4.78, 5) is 39.9. The zero-order valence-corrected chi connectivity index (χ0v) is 18.0. The standard InChI is InChI=1S/C21H24N2O6S/c1-4-28-20(25)17-15-9-10-23(21(26)29-5-2)12-16(15)30-19(17)22-18(24)13-7-6-8-14(11-13)27-3/h6-8,11H,4-5,9-10,12H2,1-3H3,(H,22,24). The summed E-state index contributed by atoms with van der Waals surface area (Å²) in [6, 6.07) is 6.75. The van der Waals surface area contributed by atoms with E-state index in [1.54, 1.807) is 43.0 Å². The van der Waals surface area contributed by atoms with Gasteiger partial charge in [-0.15, -0.1) is 11.3 Å². The van der Waals surface area contributed by atoms with Gasteiger partial charge in [0, 0.05) is 17.0 Å². The molecule has 3 rings (SSSR count). The second kappa shape index (κ2) is 9.62. The SMILES string of the molecule is CCOC(=O)c1c(NC(=O)c2cccc(OC)c2)sc2c1CCN(C(=O)OCC)C2. The number of nitrogens with zero attached hydrogens (tertiary/aromatic N) is 1. The van der Waals surface area contributed by atoms with E-state index in [0.717, 1.165) is 10.4 Å². The van der Waals surface area contributed by atoms with Gasteiger partial charge < -0.3 is 24.4 Å². The Balaban J connectivity index is 1.91. The number of hydrogen-bond donors (Lipinski definition) is 1. The van der Waals surface area contributed by atoms with Crippen LogP contribution >= 0.6 is 11.3 Å². The Morgan fingerprint density at radius 1 is 1.17 bits per heavy atom. The monoisotopic (exact) mass is 432 g/mol. The Bertz CT molecular complexity index is 955. The van der Waals surface area contributed by atoms with Crippen molar-refractivity contribution in [2.75, 3.05) is 32.2 Å². The maximum Gasteiger partial charge on any atom is 0.410 e. The van der Waals surface area contributed by atoms with Crippen molar-refractivity contribution >= 4 is 34.3 Å². The average Bonchev–Trinajstić information content (AvgIpc) is 3.11. The normalized spacial score (nSPS) is 12.7. The second-order valence-corrected chi connectivity index (χ2v) is 7.59. The van der Waals surface area contributed by atoms with E-state index in [1.165, 1.54) is 18.4 Å². The molecule has 2 aromatic rings. The number of ether oxygens (including phenoxy) is 3. The number of nitrogens with one attached hydrogen (secondary N) is 1. The first kappa shape index (κ1) is 21.6. The Labute approximate surface area is 178 Å². The van der Waals surface area contributed by atoms with Crippen LogP contribution in [0.2, 0.25) is 0 Å². The lowest BCUT2D eigenvalue weighted by Crippen LogP contribution is -2.36. The third kappa shape index (κ3) is 4.56. The predicted octanol–water partition coefficient (Wildman–Crippen LogP) is 3.70. The van der Waals surface area contributed by atoms with E-state index < -0.39 is 12.1 Å². The lowest BCUT2D eigenvalue weighted by atomic mass is 10.0. The molecule has 1 aromatic heterocycles. The fraction of sp³-hybridized carbons (Fsp3) is 0.381. The highest BCUT2D eigenvalue weighted by Crippen LogP contribution is 2.38. The van der Waals surface area contributed by atoms with Crippen LogP contribution in [0.3, 0.4) is 0 Å². The molecule has 1 aromatic carbocycles. The van der Waals surface area contributed by atoms with Crippen molar-refractivity contribution in [1.82, 2.24) is 4.90 Å². The molecule has 0 atom stereocenters. The Morgan fingerprint density at radius 2 is 1.93 bits per heavy atom. The van der Waals surface area contributed by atoms with Crippen LogP contribution in [-0.4, -0.2) is 49.7 Å². The molecule has 1 N–H and O–H groups in total. The van der Waals surface area contributed by atoms with Crippen LogP contribution in [0.1, 0.15) is 45.0 Å². The van der Waals surface area contributed by atoms with Crippen LogP contribution in [0.4, 0.5) is 9.80 Å². The van der Waals surface area contributed by atoms with Gasteiger partial charge in [0.05, 0.1) is 32.4 Å². The lowest BCUT2D eigenvalue weighted by molar-refractivity contribution is 0.0526. The van der Waals surface area contributed by atoms with Gasteiger partial charge in [-0.25, -0.2) is 9.59 Å². The summed E-state index contributed by atoms with van der Waals surface area (Å²) < 4.78 is 15.5. The number of esters is 1. The summed E-state index contributed by atoms with van der Waals surface area (Å²) in [5, 5.41) is 3.25. The van der Waals surface area contributed by atoms with E-state index in [4.69, 9.17) is 14.2 Å². The molecule has 2 amide bonds. The molecule has 8 nitrogen and oxygen atoms in total. The molecule has 0 saturated heterocycles. The largest absolute Gasteiger partial charge is 0.497 e. The van der Waals surface area contributed by atoms with E-state index in [9.17, 15) is 14.4 Å². The molecule has 0 unspecified atom stereocenters. The van der Waals surface area contributed by atoms with E-state index in [2.05, 4.69) is 5.32 Å². The number of amides is 2. The number of benzene rings is 1. The number of rotatable bonds is 6. The van der Waals surface area contributed by atoms with Gasteiger partial charge in [0.25, 0.3) is 5.91 Å². The highest BCUT2D eigenvalue weighted by molar-refractivity contribution is 7.17. The number of carbonyl (C=O) groups excluding carboxylic acids is 3. The Kier molecular flexibility index (Phi) is 6.94. The van der Waals surface area contributed by atoms with Gasteiger partial charge in [0.2, 0.25) is 0 Å². The molecule has 0 fully saturated rings. The van der Waals surface area contributed by atoms with Crippen LogP contribution in [-0.2, 0) is 22.4 Å². The van der Waals surface area contributed by atoms with Crippen LogP contribution in [0.5, 0.6) is 5.75 Å². The predicted molar refractivity (Wildman–Crippen MR) is 112 cm³/mol. The van der Waals surface area contributed by atoms with Crippen molar-refractivity contribution in [1.29, 1.82) is 0 Å². The van der Waals surface area contributed by atoms with Gasteiger partial charge >= 0.3 is 12.1 Å². The molecule has 30 heavy (non-hydrogen) atoms. The van der Waals surface area contributed by atoms with Crippen molar-refractivity contribution in [3.05, 3.63) is 45.8 Å². The van der Waals surface area contributed by atoms with Crippen LogP contribution in [0, 0.1) is 0 Å². The lowest BCUT2D eigenvalue weighted by Gasteiger charge is -2.26. The van der Waals surface area contributed by atoms with Crippen molar-refractivity contribution < 1.29 is 28.6 Å². The van der Waals surface area contributed by atoms with Crippen LogP contribution in [0.25, 0.3) is 0 Å². The number of fused-ring (bicyclic) bond motifs is 1. The van der Waals surface area contributed by atoms with Gasteiger partial charge in [-0.1, -0.05) is 6.07 Å². The first-order valence-corrected chi connectivity index (χ1v) is 10.5. The van der Waals surface area contributed by atoms with Gasteiger partial charge in [-0.2, -0.15) is 0 Å². The molecule has 0 bridgehead atoms.